The molecule has 1 aliphatic heterocycles. The first-order valence-electron chi connectivity index (χ1n) is 7.26. The smallest absolute Gasteiger partial charge is 0.272 e. The summed E-state index contributed by atoms with van der Waals surface area (Å²) < 4.78 is -1.14. The Morgan fingerprint density at radius 3 is 1.87 bits per heavy atom. The van der Waals surface area contributed by atoms with Gasteiger partial charge in [-0.25, -0.2) is 0 Å². The molecule has 0 spiro atoms. The van der Waals surface area contributed by atoms with E-state index < -0.39 is 10.7 Å². The lowest BCUT2D eigenvalue weighted by Gasteiger charge is -2.25. The third-order valence-electron chi connectivity index (χ3n) is 3.79. The van der Waals surface area contributed by atoms with Crippen LogP contribution >= 0.6 is 11.8 Å². The molecule has 0 N–H and O–H groups in total. The first-order chi connectivity index (χ1) is 11.0. The number of rotatable bonds is 3. The molecule has 0 fully saturated rings. The highest BCUT2D eigenvalue weighted by Gasteiger charge is 2.47. The third-order valence-corrected chi connectivity index (χ3v) is 5.12. The molecule has 0 bridgehead atoms. The summed E-state index contributed by atoms with van der Waals surface area (Å²) in [6, 6.07) is 19.4. The molecule has 0 radical (unpaired) electrons. The SMILES string of the molecule is CC(=O)[C@]1(C)SC(N(c2ccccc2)c2ccccc2)=NC1=O. The Morgan fingerprint density at radius 1 is 1.00 bits per heavy atom. The number of aliphatic imine (C=N–C) groups is 1. The molecule has 23 heavy (non-hydrogen) atoms. The number of para-hydroxylation sites is 2. The van der Waals surface area contributed by atoms with E-state index in [0.717, 1.165) is 11.4 Å². The van der Waals surface area contributed by atoms with Crippen molar-refractivity contribution < 1.29 is 9.59 Å². The van der Waals surface area contributed by atoms with Gasteiger partial charge in [0.05, 0.1) is 0 Å². The maximum absolute atomic E-state index is 12.3. The van der Waals surface area contributed by atoms with Crippen LogP contribution in [0.15, 0.2) is 65.7 Å². The molecule has 116 valence electrons. The van der Waals surface area contributed by atoms with Crippen LogP contribution in [0.3, 0.4) is 0 Å². The van der Waals surface area contributed by atoms with Crippen LogP contribution in [0.25, 0.3) is 0 Å². The minimum Gasteiger partial charge on any atom is -0.298 e. The van der Waals surface area contributed by atoms with E-state index in [1.54, 1.807) is 6.92 Å². The van der Waals surface area contributed by atoms with Gasteiger partial charge in [0.15, 0.2) is 15.7 Å². The average Bonchev–Trinajstić information content (AvgIpc) is 2.86. The number of carbonyl (C=O) groups is 2. The summed E-state index contributed by atoms with van der Waals surface area (Å²) in [7, 11) is 0. The lowest BCUT2D eigenvalue weighted by atomic mass is 10.1. The fourth-order valence-electron chi connectivity index (χ4n) is 2.28. The summed E-state index contributed by atoms with van der Waals surface area (Å²) in [4.78, 5) is 30.2. The Hall–Kier alpha value is -2.40. The van der Waals surface area contributed by atoms with Crippen molar-refractivity contribution in [2.45, 2.75) is 18.6 Å². The number of hydrogen-bond acceptors (Lipinski definition) is 4. The zero-order valence-electron chi connectivity index (χ0n) is 12.9. The first-order valence-corrected chi connectivity index (χ1v) is 8.07. The Kier molecular flexibility index (Phi) is 4.05. The second kappa shape index (κ2) is 6.01. The van der Waals surface area contributed by atoms with Gasteiger partial charge in [0.25, 0.3) is 5.91 Å². The Balaban J connectivity index is 2.06. The summed E-state index contributed by atoms with van der Waals surface area (Å²) >= 11 is 1.20. The molecule has 2 aromatic carbocycles. The van der Waals surface area contributed by atoms with Gasteiger partial charge in [-0.15, -0.1) is 0 Å². The molecule has 4 nitrogen and oxygen atoms in total. The van der Waals surface area contributed by atoms with E-state index in [1.165, 1.54) is 18.7 Å². The number of carbonyl (C=O) groups excluding carboxylic acids is 2. The second-order valence-corrected chi connectivity index (χ2v) is 6.78. The topological polar surface area (TPSA) is 49.7 Å². The predicted octanol–water partition coefficient (Wildman–Crippen LogP) is 3.80. The number of nitrogens with zero attached hydrogens (tertiary/aromatic N) is 2. The molecule has 0 aromatic heterocycles. The highest BCUT2D eigenvalue weighted by atomic mass is 32.2. The van der Waals surface area contributed by atoms with Gasteiger partial charge >= 0.3 is 0 Å². The van der Waals surface area contributed by atoms with Gasteiger partial charge in [0.2, 0.25) is 0 Å². The number of thioether (sulfide) groups is 1. The van der Waals surface area contributed by atoms with E-state index in [9.17, 15) is 9.59 Å². The Bertz CT molecular complexity index is 735. The number of anilines is 2. The minimum atomic E-state index is -1.14. The van der Waals surface area contributed by atoms with Gasteiger partial charge in [-0.05, 0) is 38.1 Å². The van der Waals surface area contributed by atoms with Gasteiger partial charge in [-0.3, -0.25) is 14.5 Å². The fourth-order valence-corrected chi connectivity index (χ4v) is 3.36. The number of benzene rings is 2. The maximum Gasteiger partial charge on any atom is 0.272 e. The molecule has 1 aliphatic rings. The van der Waals surface area contributed by atoms with E-state index in [4.69, 9.17) is 0 Å². The molecular formula is C18H16N2O2S. The molecular weight excluding hydrogens is 308 g/mol. The van der Waals surface area contributed by atoms with E-state index in [0.29, 0.717) is 5.17 Å². The van der Waals surface area contributed by atoms with Crippen LogP contribution in [0.1, 0.15) is 13.8 Å². The number of Topliss-reactive ketones (excluding diaryl/α,β-unsaturated/α-hetero) is 1. The molecule has 0 saturated carbocycles. The molecule has 0 unspecified atom stereocenters. The van der Waals surface area contributed by atoms with Gasteiger partial charge < -0.3 is 0 Å². The van der Waals surface area contributed by atoms with Crippen LogP contribution in [-0.4, -0.2) is 21.6 Å². The van der Waals surface area contributed by atoms with Crippen LogP contribution in [0.5, 0.6) is 0 Å². The zero-order chi connectivity index (χ0) is 16.4. The number of amidine groups is 1. The summed E-state index contributed by atoms with van der Waals surface area (Å²) in [5.74, 6) is -0.589. The standard InChI is InChI=1S/C18H16N2O2S/c1-13(21)18(2)16(22)19-17(23-18)20(14-9-5-3-6-10-14)15-11-7-4-8-12-15/h3-12H,1-2H3/t18-/m0/s1. The molecule has 0 aliphatic carbocycles. The van der Waals surface area contributed by atoms with Gasteiger partial charge in [0, 0.05) is 11.4 Å². The molecule has 1 heterocycles. The minimum absolute atomic E-state index is 0.188. The fraction of sp³-hybridized carbons (Fsp3) is 0.167. The summed E-state index contributed by atoms with van der Waals surface area (Å²) in [5.41, 5.74) is 1.79. The highest BCUT2D eigenvalue weighted by molar-refractivity contribution is 8.17. The highest BCUT2D eigenvalue weighted by Crippen LogP contribution is 2.40. The largest absolute Gasteiger partial charge is 0.298 e. The van der Waals surface area contributed by atoms with Crippen molar-refractivity contribution in [3.05, 3.63) is 60.7 Å². The monoisotopic (exact) mass is 324 g/mol. The number of amides is 1. The second-order valence-electron chi connectivity index (χ2n) is 5.40. The van der Waals surface area contributed by atoms with Crippen LogP contribution in [0.4, 0.5) is 11.4 Å². The Morgan fingerprint density at radius 2 is 1.48 bits per heavy atom. The molecule has 0 saturated heterocycles. The van der Waals surface area contributed by atoms with Gasteiger partial charge in [0.1, 0.15) is 0 Å². The lowest BCUT2D eigenvalue weighted by molar-refractivity contribution is -0.127. The molecule has 5 heteroatoms. The predicted molar refractivity (Wildman–Crippen MR) is 94.1 cm³/mol. The summed E-state index contributed by atoms with van der Waals surface area (Å²) in [5, 5.41) is 0.519. The lowest BCUT2D eigenvalue weighted by Crippen LogP contribution is -2.35. The van der Waals surface area contributed by atoms with Crippen molar-refractivity contribution in [1.82, 2.24) is 0 Å². The van der Waals surface area contributed by atoms with E-state index in [-0.39, 0.29) is 5.78 Å². The number of ketones is 1. The van der Waals surface area contributed by atoms with Crippen LogP contribution in [0.2, 0.25) is 0 Å². The van der Waals surface area contributed by atoms with Crippen LogP contribution in [0, 0.1) is 0 Å². The molecule has 3 rings (SSSR count). The normalized spacial score (nSPS) is 20.3. The van der Waals surface area contributed by atoms with Crippen molar-refractivity contribution in [1.29, 1.82) is 0 Å². The van der Waals surface area contributed by atoms with Crippen molar-refractivity contribution >= 4 is 40.0 Å². The van der Waals surface area contributed by atoms with E-state index >= 15 is 0 Å². The van der Waals surface area contributed by atoms with Gasteiger partial charge in [-0.2, -0.15) is 4.99 Å². The van der Waals surface area contributed by atoms with Crippen LogP contribution < -0.4 is 4.90 Å². The Labute approximate surface area is 139 Å². The maximum atomic E-state index is 12.3. The van der Waals surface area contributed by atoms with Crippen LogP contribution in [-0.2, 0) is 9.59 Å². The van der Waals surface area contributed by atoms with Crippen molar-refractivity contribution in [2.75, 3.05) is 4.90 Å². The van der Waals surface area contributed by atoms with Gasteiger partial charge in [-0.1, -0.05) is 48.2 Å². The molecule has 2 aromatic rings. The molecule has 1 atom stereocenters. The quantitative estimate of drug-likeness (QED) is 0.806. The number of hydrogen-bond donors (Lipinski definition) is 0. The van der Waals surface area contributed by atoms with Crippen molar-refractivity contribution in [2.24, 2.45) is 4.99 Å². The first kappa shape index (κ1) is 15.5. The third kappa shape index (κ3) is 2.80. The van der Waals surface area contributed by atoms with Crippen molar-refractivity contribution in [3.8, 4) is 0 Å². The van der Waals surface area contributed by atoms with Crippen molar-refractivity contribution in [3.63, 3.8) is 0 Å². The summed E-state index contributed by atoms with van der Waals surface area (Å²) in [6.07, 6.45) is 0. The van der Waals surface area contributed by atoms with E-state index in [1.807, 2.05) is 65.6 Å². The average molecular weight is 324 g/mol. The molecule has 1 amide bonds. The summed E-state index contributed by atoms with van der Waals surface area (Å²) in [6.45, 7) is 3.06. The van der Waals surface area contributed by atoms with E-state index in [2.05, 4.69) is 4.99 Å². The zero-order valence-corrected chi connectivity index (χ0v) is 13.7.